The van der Waals surface area contributed by atoms with E-state index in [9.17, 15) is 0 Å². The molecule has 0 unspecified atom stereocenters. The number of hydrogen-bond donors (Lipinski definition) is 0. The van der Waals surface area contributed by atoms with E-state index in [1.54, 1.807) is 23.9 Å². The van der Waals surface area contributed by atoms with Crippen LogP contribution in [-0.4, -0.2) is 0 Å². The summed E-state index contributed by atoms with van der Waals surface area (Å²) in [6.45, 7) is 0. The third kappa shape index (κ3) is 3.26. The van der Waals surface area contributed by atoms with Crippen molar-refractivity contribution in [2.24, 2.45) is 0 Å². The van der Waals surface area contributed by atoms with Crippen LogP contribution in [0.2, 0.25) is 5.02 Å². The van der Waals surface area contributed by atoms with Gasteiger partial charge in [0.2, 0.25) is 0 Å². The Bertz CT molecular complexity index is 592. The van der Waals surface area contributed by atoms with Gasteiger partial charge in [0.05, 0.1) is 16.7 Å². The molecule has 2 rings (SSSR count). The minimum absolute atomic E-state index is 0.577. The molecule has 0 aliphatic rings. The molecule has 0 fully saturated rings. The summed E-state index contributed by atoms with van der Waals surface area (Å²) in [7, 11) is 0. The van der Waals surface area contributed by atoms with E-state index in [1.807, 2.05) is 30.3 Å². The van der Waals surface area contributed by atoms with Crippen LogP contribution in [0.5, 0.6) is 0 Å². The molecule has 2 aromatic rings. The molecule has 0 radical (unpaired) electrons. The summed E-state index contributed by atoms with van der Waals surface area (Å²) < 4.78 is 1.03. The van der Waals surface area contributed by atoms with Gasteiger partial charge in [0.1, 0.15) is 0 Å². The Morgan fingerprint density at radius 2 is 2.00 bits per heavy atom. The lowest BCUT2D eigenvalue weighted by atomic mass is 10.2. The Kier molecular flexibility index (Phi) is 4.11. The van der Waals surface area contributed by atoms with E-state index in [0.29, 0.717) is 10.6 Å². The monoisotopic (exact) mass is 323 g/mol. The second kappa shape index (κ2) is 5.59. The van der Waals surface area contributed by atoms with Crippen LogP contribution >= 0.6 is 39.3 Å². The minimum Gasteiger partial charge on any atom is -0.192 e. The molecule has 0 N–H and O–H groups in total. The van der Waals surface area contributed by atoms with E-state index in [2.05, 4.69) is 22.0 Å². The van der Waals surface area contributed by atoms with Gasteiger partial charge in [-0.15, -0.1) is 0 Å². The van der Waals surface area contributed by atoms with Crippen LogP contribution in [0.1, 0.15) is 5.56 Å². The van der Waals surface area contributed by atoms with Crippen molar-refractivity contribution in [2.45, 2.75) is 9.79 Å². The fraction of sp³-hybridized carbons (Fsp3) is 0. The zero-order chi connectivity index (χ0) is 12.3. The van der Waals surface area contributed by atoms with Crippen LogP contribution < -0.4 is 0 Å². The first kappa shape index (κ1) is 12.5. The van der Waals surface area contributed by atoms with Crippen LogP contribution in [0, 0.1) is 11.3 Å². The van der Waals surface area contributed by atoms with Gasteiger partial charge >= 0.3 is 0 Å². The van der Waals surface area contributed by atoms with E-state index < -0.39 is 0 Å². The average molecular weight is 325 g/mol. The van der Waals surface area contributed by atoms with Gasteiger partial charge in [0.15, 0.2) is 0 Å². The third-order valence-corrected chi connectivity index (χ3v) is 4.07. The zero-order valence-electron chi connectivity index (χ0n) is 8.65. The summed E-state index contributed by atoms with van der Waals surface area (Å²) in [6.07, 6.45) is 0. The maximum absolute atomic E-state index is 8.76. The molecule has 0 saturated carbocycles. The van der Waals surface area contributed by atoms with E-state index in [-0.39, 0.29) is 0 Å². The topological polar surface area (TPSA) is 23.8 Å². The van der Waals surface area contributed by atoms with Gasteiger partial charge in [0, 0.05) is 14.3 Å². The minimum atomic E-state index is 0.577. The second-order valence-electron chi connectivity index (χ2n) is 3.32. The summed E-state index contributed by atoms with van der Waals surface area (Å²) in [5.41, 5.74) is 0.577. The van der Waals surface area contributed by atoms with Crippen LogP contribution in [-0.2, 0) is 0 Å². The predicted octanol–water partition coefficient (Wildman–Crippen LogP) is 5.13. The van der Waals surface area contributed by atoms with Crippen molar-refractivity contribution in [3.8, 4) is 6.07 Å². The molecule has 2 aromatic carbocycles. The predicted molar refractivity (Wildman–Crippen MR) is 74.4 cm³/mol. The molecule has 0 aliphatic carbocycles. The van der Waals surface area contributed by atoms with Crippen LogP contribution in [0.15, 0.2) is 56.7 Å². The number of nitriles is 1. The lowest BCUT2D eigenvalue weighted by Gasteiger charge is -2.04. The van der Waals surface area contributed by atoms with Crippen molar-refractivity contribution in [1.29, 1.82) is 5.26 Å². The number of benzene rings is 2. The summed E-state index contributed by atoms with van der Waals surface area (Å²) >= 11 is 11.1. The van der Waals surface area contributed by atoms with E-state index in [1.165, 1.54) is 0 Å². The Hall–Kier alpha value is -0.950. The quantitative estimate of drug-likeness (QED) is 0.765. The van der Waals surface area contributed by atoms with Crippen LogP contribution in [0.4, 0.5) is 0 Å². The van der Waals surface area contributed by atoms with Crippen LogP contribution in [0.25, 0.3) is 0 Å². The number of hydrogen-bond acceptors (Lipinski definition) is 2. The molecular formula is C13H7BrClNS. The molecule has 0 heterocycles. The molecule has 1 nitrogen and oxygen atoms in total. The van der Waals surface area contributed by atoms with Crippen molar-refractivity contribution >= 4 is 39.3 Å². The summed E-state index contributed by atoms with van der Waals surface area (Å²) in [5, 5.41) is 9.36. The van der Waals surface area contributed by atoms with Crippen molar-refractivity contribution in [2.75, 3.05) is 0 Å². The van der Waals surface area contributed by atoms with Gasteiger partial charge in [-0.2, -0.15) is 5.26 Å². The summed E-state index contributed by atoms with van der Waals surface area (Å²) in [6, 6.07) is 15.4. The largest absolute Gasteiger partial charge is 0.192 e. The molecule has 0 amide bonds. The molecule has 17 heavy (non-hydrogen) atoms. The van der Waals surface area contributed by atoms with Crippen molar-refractivity contribution in [1.82, 2.24) is 0 Å². The Morgan fingerprint density at radius 3 is 2.65 bits per heavy atom. The smallest absolute Gasteiger partial charge is 0.0992 e. The molecule has 0 aromatic heterocycles. The Balaban J connectivity index is 2.28. The van der Waals surface area contributed by atoms with Gasteiger partial charge in [-0.3, -0.25) is 0 Å². The molecule has 0 spiro atoms. The number of halogens is 2. The lowest BCUT2D eigenvalue weighted by Crippen LogP contribution is -1.79. The van der Waals surface area contributed by atoms with E-state index in [0.717, 1.165) is 14.3 Å². The number of rotatable bonds is 2. The van der Waals surface area contributed by atoms with Gasteiger partial charge in [-0.25, -0.2) is 0 Å². The SMILES string of the molecule is N#Cc1ccc(Sc2cccc(Br)c2)c(Cl)c1. The van der Waals surface area contributed by atoms with Gasteiger partial charge in [-0.05, 0) is 36.4 Å². The Morgan fingerprint density at radius 1 is 1.18 bits per heavy atom. The maximum Gasteiger partial charge on any atom is 0.0992 e. The number of nitrogens with zero attached hydrogens (tertiary/aromatic N) is 1. The second-order valence-corrected chi connectivity index (χ2v) is 5.75. The van der Waals surface area contributed by atoms with Gasteiger partial charge < -0.3 is 0 Å². The molecule has 0 bridgehead atoms. The maximum atomic E-state index is 8.76. The van der Waals surface area contributed by atoms with Gasteiger partial charge in [0.25, 0.3) is 0 Å². The average Bonchev–Trinajstić information content (AvgIpc) is 2.32. The summed E-state index contributed by atoms with van der Waals surface area (Å²) in [5.74, 6) is 0. The molecule has 0 saturated heterocycles. The third-order valence-electron chi connectivity index (χ3n) is 2.08. The first-order valence-corrected chi connectivity index (χ1v) is 6.81. The zero-order valence-corrected chi connectivity index (χ0v) is 11.8. The van der Waals surface area contributed by atoms with Gasteiger partial charge in [-0.1, -0.05) is 45.4 Å². The highest BCUT2D eigenvalue weighted by molar-refractivity contribution is 9.10. The van der Waals surface area contributed by atoms with Crippen molar-refractivity contribution in [3.05, 3.63) is 57.5 Å². The van der Waals surface area contributed by atoms with Crippen molar-refractivity contribution in [3.63, 3.8) is 0 Å². The first-order valence-electron chi connectivity index (χ1n) is 4.82. The highest BCUT2D eigenvalue weighted by Gasteiger charge is 2.04. The molecule has 4 heteroatoms. The molecular weight excluding hydrogens is 318 g/mol. The molecule has 0 atom stereocenters. The first-order chi connectivity index (χ1) is 8.19. The standard InChI is InChI=1S/C13H7BrClNS/c14-10-2-1-3-11(7-10)17-13-5-4-9(8-16)6-12(13)15/h1-7H. The summed E-state index contributed by atoms with van der Waals surface area (Å²) in [4.78, 5) is 2.05. The van der Waals surface area contributed by atoms with Crippen molar-refractivity contribution < 1.29 is 0 Å². The fourth-order valence-electron chi connectivity index (χ4n) is 1.31. The highest BCUT2D eigenvalue weighted by Crippen LogP contribution is 2.34. The normalized spacial score (nSPS) is 9.94. The van der Waals surface area contributed by atoms with E-state index in [4.69, 9.17) is 16.9 Å². The molecule has 0 aliphatic heterocycles. The van der Waals surface area contributed by atoms with E-state index >= 15 is 0 Å². The van der Waals surface area contributed by atoms with Crippen LogP contribution in [0.3, 0.4) is 0 Å². The molecule has 84 valence electrons. The fourth-order valence-corrected chi connectivity index (χ4v) is 3.04. The Labute approximate surface area is 118 Å². The highest BCUT2D eigenvalue weighted by atomic mass is 79.9. The lowest BCUT2D eigenvalue weighted by molar-refractivity contribution is 1.38.